The third-order valence-electron chi connectivity index (χ3n) is 16.0. The van der Waals surface area contributed by atoms with Crippen molar-refractivity contribution in [3.05, 3.63) is 285 Å². The van der Waals surface area contributed by atoms with Gasteiger partial charge in [-0.3, -0.25) is 0 Å². The van der Waals surface area contributed by atoms with Crippen LogP contribution in [0, 0.1) is 0 Å². The monoisotopic (exact) mass is 1030 g/mol. The summed E-state index contributed by atoms with van der Waals surface area (Å²) in [5, 5.41) is 6.71. The van der Waals surface area contributed by atoms with Crippen molar-refractivity contribution in [2.75, 3.05) is 0 Å². The Balaban J connectivity index is 0.945. The van der Waals surface area contributed by atoms with Crippen molar-refractivity contribution < 1.29 is 4.42 Å². The van der Waals surface area contributed by atoms with Gasteiger partial charge in [0.05, 0.1) is 33.1 Å². The molecule has 0 saturated heterocycles. The molecule has 0 bridgehead atoms. The zero-order valence-corrected chi connectivity index (χ0v) is 43.8. The van der Waals surface area contributed by atoms with Crippen LogP contribution in [-0.2, 0) is 0 Å². The van der Waals surface area contributed by atoms with Crippen LogP contribution in [0.5, 0.6) is 0 Å². The lowest BCUT2D eigenvalue weighted by molar-refractivity contribution is 0.673. The molecule has 4 heterocycles. The molecule has 0 aliphatic heterocycles. The zero-order valence-electron chi connectivity index (χ0n) is 43.8. The van der Waals surface area contributed by atoms with E-state index in [0.29, 0.717) is 17.5 Å². The Kier molecular flexibility index (Phi) is 10.8. The molecule has 0 fully saturated rings. The molecule has 0 aliphatic carbocycles. The third-order valence-corrected chi connectivity index (χ3v) is 16.0. The number of para-hydroxylation sites is 3. The molecule has 81 heavy (non-hydrogen) atoms. The van der Waals surface area contributed by atoms with Crippen molar-refractivity contribution in [1.29, 1.82) is 0 Å². The maximum atomic E-state index is 7.23. The van der Waals surface area contributed by atoms with Crippen LogP contribution in [0.15, 0.2) is 290 Å². The zero-order chi connectivity index (χ0) is 53.4. The molecule has 0 spiro atoms. The van der Waals surface area contributed by atoms with E-state index >= 15 is 0 Å². The lowest BCUT2D eigenvalue weighted by Crippen LogP contribution is -2.04. The van der Waals surface area contributed by atoms with Gasteiger partial charge in [0.1, 0.15) is 11.2 Å². The number of fused-ring (bicyclic) bond motifs is 10. The second-order valence-electron chi connectivity index (χ2n) is 20.7. The number of aromatic nitrogens is 5. The average molecular weight is 1030 g/mol. The predicted octanol–water partition coefficient (Wildman–Crippen LogP) is 19.6. The smallest absolute Gasteiger partial charge is 0.164 e. The summed E-state index contributed by atoms with van der Waals surface area (Å²) in [7, 11) is 0. The van der Waals surface area contributed by atoms with E-state index in [4.69, 9.17) is 19.4 Å². The second-order valence-corrected chi connectivity index (χ2v) is 20.7. The predicted molar refractivity (Wildman–Crippen MR) is 334 cm³/mol. The summed E-state index contributed by atoms with van der Waals surface area (Å²) < 4.78 is 12.0. The van der Waals surface area contributed by atoms with Crippen LogP contribution in [0.25, 0.3) is 156 Å². The van der Waals surface area contributed by atoms with E-state index in [0.717, 1.165) is 127 Å². The molecule has 378 valence electrons. The average Bonchev–Trinajstić information content (AvgIpc) is 4.38. The van der Waals surface area contributed by atoms with Crippen molar-refractivity contribution in [1.82, 2.24) is 24.1 Å². The first-order chi connectivity index (χ1) is 40.2. The Bertz CT molecular complexity index is 5010. The highest BCUT2D eigenvalue weighted by Crippen LogP contribution is 2.47. The molecule has 0 atom stereocenters. The minimum atomic E-state index is 0.569. The van der Waals surface area contributed by atoms with Gasteiger partial charge in [-0.15, -0.1) is 0 Å². The van der Waals surface area contributed by atoms with Crippen molar-refractivity contribution in [3.63, 3.8) is 0 Å². The van der Waals surface area contributed by atoms with E-state index in [2.05, 4.69) is 282 Å². The molecular weight excluding hydrogens is 987 g/mol. The Hall–Kier alpha value is -11.0. The van der Waals surface area contributed by atoms with Gasteiger partial charge >= 0.3 is 0 Å². The highest BCUT2D eigenvalue weighted by atomic mass is 16.3. The number of benzene rings is 12. The fraction of sp³-hybridized carbons (Fsp3) is 0. The van der Waals surface area contributed by atoms with Gasteiger partial charge < -0.3 is 13.6 Å². The normalized spacial score (nSPS) is 11.7. The number of rotatable bonds is 9. The fourth-order valence-electron chi connectivity index (χ4n) is 12.2. The Morgan fingerprint density at radius 3 is 1.38 bits per heavy atom. The molecule has 0 unspecified atom stereocenters. The molecule has 0 N–H and O–H groups in total. The van der Waals surface area contributed by atoms with Gasteiger partial charge in [0, 0.05) is 66.5 Å². The van der Waals surface area contributed by atoms with E-state index < -0.39 is 0 Å². The SMILES string of the molecule is c1ccc(-c2ccc(-c3nc(-c4cccc(-c5ccccc5)c4)nc(-c4cc(-c5ccccc5)c(-n5c6ccccc6c6c7oc8cc9c(cc8c7ccc65)c5ccccc5n9-c5ccccc5)c(-c5ccccc5)c4)n3)cc2)cc1. The molecule has 16 rings (SSSR count). The Labute approximate surface area is 466 Å². The van der Waals surface area contributed by atoms with Crippen LogP contribution in [0.2, 0.25) is 0 Å². The summed E-state index contributed by atoms with van der Waals surface area (Å²) in [6.45, 7) is 0. The van der Waals surface area contributed by atoms with E-state index in [1.54, 1.807) is 0 Å². The molecule has 0 amide bonds. The molecule has 4 aromatic heterocycles. The summed E-state index contributed by atoms with van der Waals surface area (Å²) in [5.41, 5.74) is 19.5. The van der Waals surface area contributed by atoms with Crippen LogP contribution >= 0.6 is 0 Å². The van der Waals surface area contributed by atoms with Crippen LogP contribution in [-0.4, -0.2) is 24.1 Å². The lowest BCUT2D eigenvalue weighted by atomic mass is 9.92. The first kappa shape index (κ1) is 46.2. The van der Waals surface area contributed by atoms with E-state index in [1.165, 1.54) is 10.8 Å². The highest BCUT2D eigenvalue weighted by Gasteiger charge is 2.26. The van der Waals surface area contributed by atoms with Crippen LogP contribution in [0.4, 0.5) is 0 Å². The van der Waals surface area contributed by atoms with Gasteiger partial charge in [0.15, 0.2) is 17.5 Å². The van der Waals surface area contributed by atoms with Crippen molar-refractivity contribution in [2.24, 2.45) is 0 Å². The number of hydrogen-bond donors (Lipinski definition) is 0. The van der Waals surface area contributed by atoms with Crippen molar-refractivity contribution in [2.45, 2.75) is 0 Å². The van der Waals surface area contributed by atoms with Crippen LogP contribution in [0.3, 0.4) is 0 Å². The quantitative estimate of drug-likeness (QED) is 0.145. The van der Waals surface area contributed by atoms with E-state index in [-0.39, 0.29) is 0 Å². The summed E-state index contributed by atoms with van der Waals surface area (Å²) >= 11 is 0. The Morgan fingerprint density at radius 2 is 0.741 bits per heavy atom. The Morgan fingerprint density at radius 1 is 0.259 bits per heavy atom. The number of furan rings is 1. The number of nitrogens with zero attached hydrogens (tertiary/aromatic N) is 5. The third kappa shape index (κ3) is 7.76. The summed E-state index contributed by atoms with van der Waals surface area (Å²) in [4.78, 5) is 16.1. The van der Waals surface area contributed by atoms with E-state index in [9.17, 15) is 0 Å². The molecule has 6 nitrogen and oxygen atoms in total. The van der Waals surface area contributed by atoms with Gasteiger partial charge in [0.2, 0.25) is 0 Å². The van der Waals surface area contributed by atoms with E-state index in [1.807, 2.05) is 12.1 Å². The molecule has 6 heteroatoms. The summed E-state index contributed by atoms with van der Waals surface area (Å²) in [6.07, 6.45) is 0. The minimum Gasteiger partial charge on any atom is -0.455 e. The molecule has 0 saturated carbocycles. The topological polar surface area (TPSA) is 61.7 Å². The standard InChI is InChI=1S/C75H47N5O/c1-6-21-48(22-7-1)50-37-39-53(40-38-50)73-76-74(55-30-20-29-54(43-55)49-23-8-2-9-24-49)78-75(77-73)56-44-61(51-25-10-3-11-26-51)71(62(45-56)52-27-12-4-13-28-52)80-66-36-19-17-34-60(66)70-67(80)42-41-59-64-46-63-58-33-16-18-35-65(58)79(57-31-14-5-15-32-57)68(63)47-69(64)81-72(59)70/h1-47H. The maximum Gasteiger partial charge on any atom is 0.164 e. The summed E-state index contributed by atoms with van der Waals surface area (Å²) in [5.74, 6) is 1.75. The van der Waals surface area contributed by atoms with Crippen molar-refractivity contribution >= 4 is 65.6 Å². The van der Waals surface area contributed by atoms with Gasteiger partial charge in [-0.2, -0.15) is 0 Å². The molecule has 16 aromatic rings. The van der Waals surface area contributed by atoms with Crippen LogP contribution in [0.1, 0.15) is 0 Å². The maximum absolute atomic E-state index is 7.23. The summed E-state index contributed by atoms with van der Waals surface area (Å²) in [6, 6.07) is 101. The van der Waals surface area contributed by atoms with Gasteiger partial charge in [-0.05, 0) is 94.0 Å². The molecule has 0 aliphatic rings. The molecule has 12 aromatic carbocycles. The highest BCUT2D eigenvalue weighted by molar-refractivity contribution is 6.26. The first-order valence-corrected chi connectivity index (χ1v) is 27.4. The fourth-order valence-corrected chi connectivity index (χ4v) is 12.2. The number of hydrogen-bond acceptors (Lipinski definition) is 4. The van der Waals surface area contributed by atoms with Crippen LogP contribution < -0.4 is 0 Å². The second kappa shape index (κ2) is 18.9. The molecular formula is C75H47N5O. The van der Waals surface area contributed by atoms with Gasteiger partial charge in [0.25, 0.3) is 0 Å². The van der Waals surface area contributed by atoms with Gasteiger partial charge in [-0.25, -0.2) is 15.0 Å². The lowest BCUT2D eigenvalue weighted by Gasteiger charge is -2.21. The minimum absolute atomic E-state index is 0.569. The molecule has 0 radical (unpaired) electrons. The largest absolute Gasteiger partial charge is 0.455 e. The first-order valence-electron chi connectivity index (χ1n) is 27.4. The van der Waals surface area contributed by atoms with Gasteiger partial charge in [-0.1, -0.05) is 218 Å². The van der Waals surface area contributed by atoms with Crippen molar-refractivity contribution in [3.8, 4) is 90.0 Å².